The van der Waals surface area contributed by atoms with E-state index in [1.54, 1.807) is 24.9 Å². The van der Waals surface area contributed by atoms with Gasteiger partial charge in [0.15, 0.2) is 17.1 Å². The van der Waals surface area contributed by atoms with E-state index in [4.69, 9.17) is 29.2 Å². The van der Waals surface area contributed by atoms with Gasteiger partial charge in [0.05, 0.1) is 38.8 Å². The molecule has 5 rings (SSSR count). The lowest BCUT2D eigenvalue weighted by Crippen LogP contribution is -2.15. The molecule has 0 spiro atoms. The molecule has 0 bridgehead atoms. The predicted octanol–water partition coefficient (Wildman–Crippen LogP) is 2.86. The first-order chi connectivity index (χ1) is 18.0. The Morgan fingerprint density at radius 1 is 0.973 bits per heavy atom. The van der Waals surface area contributed by atoms with Crippen molar-refractivity contribution < 1.29 is 22.6 Å². The lowest BCUT2D eigenvalue weighted by atomic mass is 10.1. The Morgan fingerprint density at radius 3 is 2.35 bits per heavy atom. The number of hydrogen-bond acceptors (Lipinski definition) is 9. The molecule has 4 aromatic rings. The number of imidazole rings is 1. The summed E-state index contributed by atoms with van der Waals surface area (Å²) in [6.45, 7) is 2.40. The van der Waals surface area contributed by atoms with E-state index >= 15 is 0 Å². The molecular weight excluding hydrogens is 496 g/mol. The zero-order valence-corrected chi connectivity index (χ0v) is 21.7. The lowest BCUT2D eigenvalue weighted by molar-refractivity contribution is 0.327. The first kappa shape index (κ1) is 24.9. The van der Waals surface area contributed by atoms with Crippen LogP contribution in [0.15, 0.2) is 36.4 Å². The van der Waals surface area contributed by atoms with Gasteiger partial charge in [-0.25, -0.2) is 33.1 Å². The van der Waals surface area contributed by atoms with E-state index in [0.29, 0.717) is 70.5 Å². The molecule has 0 aliphatic heterocycles. The minimum atomic E-state index is -2.79. The van der Waals surface area contributed by atoms with Crippen LogP contribution in [0.1, 0.15) is 31.2 Å². The number of fused-ring (bicyclic) bond motifs is 1. The molecule has 3 heterocycles. The van der Waals surface area contributed by atoms with Crippen molar-refractivity contribution in [3.8, 4) is 34.6 Å². The van der Waals surface area contributed by atoms with Gasteiger partial charge in [-0.1, -0.05) is 12.1 Å². The first-order valence-electron chi connectivity index (χ1n) is 12.0. The molecule has 0 unspecified atom stereocenters. The van der Waals surface area contributed by atoms with E-state index < -0.39 is 10.9 Å². The molecule has 0 amide bonds. The van der Waals surface area contributed by atoms with E-state index in [1.807, 2.05) is 37.3 Å². The number of pyridine rings is 1. The second-order valence-electron chi connectivity index (χ2n) is 8.58. The molecule has 1 N–H and O–H groups in total. The van der Waals surface area contributed by atoms with Crippen LogP contribution in [-0.2, 0) is 23.9 Å². The summed E-state index contributed by atoms with van der Waals surface area (Å²) in [5, 5.41) is 0. The summed E-state index contributed by atoms with van der Waals surface area (Å²) in [7, 11) is 0.354. The SMILES string of the molecule is CCOc1cccc(-c2nc3nc(CC4CC4)c(CN[SH](=O)=O)nc3n2-c2c(OC)cccc2OC)n1. The van der Waals surface area contributed by atoms with Gasteiger partial charge in [-0.05, 0) is 50.3 Å². The molecule has 1 fully saturated rings. The summed E-state index contributed by atoms with van der Waals surface area (Å²) >= 11 is 0. The number of para-hydroxylation sites is 1. The Balaban J connectivity index is 1.80. The molecular formula is C25H28N6O5S. The van der Waals surface area contributed by atoms with Gasteiger partial charge in [0.2, 0.25) is 16.8 Å². The summed E-state index contributed by atoms with van der Waals surface area (Å²) in [6.07, 6.45) is 2.96. The summed E-state index contributed by atoms with van der Waals surface area (Å²) in [6, 6.07) is 10.9. The zero-order chi connectivity index (χ0) is 25.9. The highest BCUT2D eigenvalue weighted by molar-refractivity contribution is 7.70. The van der Waals surface area contributed by atoms with Gasteiger partial charge < -0.3 is 14.2 Å². The highest BCUT2D eigenvalue weighted by Crippen LogP contribution is 2.38. The number of thiol groups is 1. The molecule has 0 radical (unpaired) electrons. The van der Waals surface area contributed by atoms with Crippen molar-refractivity contribution >= 4 is 22.2 Å². The number of methoxy groups -OCH3 is 2. The van der Waals surface area contributed by atoms with Crippen molar-refractivity contribution in [3.05, 3.63) is 47.8 Å². The Hall–Kier alpha value is -3.77. The molecule has 0 atom stereocenters. The largest absolute Gasteiger partial charge is 0.494 e. The number of ether oxygens (including phenoxy) is 3. The minimum Gasteiger partial charge on any atom is -0.494 e. The molecule has 1 aliphatic carbocycles. The van der Waals surface area contributed by atoms with E-state index in [1.165, 1.54) is 0 Å². The molecule has 11 nitrogen and oxygen atoms in total. The Kier molecular flexibility index (Phi) is 7.19. The monoisotopic (exact) mass is 524 g/mol. The number of hydrogen-bond donors (Lipinski definition) is 2. The normalized spacial score (nSPS) is 13.3. The van der Waals surface area contributed by atoms with Crippen molar-refractivity contribution in [1.82, 2.24) is 29.2 Å². The fourth-order valence-corrected chi connectivity index (χ4v) is 4.48. The van der Waals surface area contributed by atoms with Crippen LogP contribution in [0.25, 0.3) is 28.5 Å². The summed E-state index contributed by atoms with van der Waals surface area (Å²) in [5.74, 6) is 2.52. The lowest BCUT2D eigenvalue weighted by Gasteiger charge is -2.16. The number of rotatable bonds is 11. The van der Waals surface area contributed by atoms with Crippen molar-refractivity contribution in [2.75, 3.05) is 20.8 Å². The maximum Gasteiger partial charge on any atom is 0.213 e. The summed E-state index contributed by atoms with van der Waals surface area (Å²) in [4.78, 5) is 19.3. The summed E-state index contributed by atoms with van der Waals surface area (Å²) in [5.41, 5.74) is 3.25. The van der Waals surface area contributed by atoms with Crippen LogP contribution in [0, 0.1) is 5.92 Å². The molecule has 1 saturated carbocycles. The minimum absolute atomic E-state index is 0.0331. The maximum atomic E-state index is 11.3. The third-order valence-corrected chi connectivity index (χ3v) is 6.49. The van der Waals surface area contributed by atoms with Gasteiger partial charge >= 0.3 is 0 Å². The predicted molar refractivity (Wildman–Crippen MR) is 138 cm³/mol. The van der Waals surface area contributed by atoms with Crippen molar-refractivity contribution in [1.29, 1.82) is 0 Å². The number of nitrogens with one attached hydrogen (secondary N) is 1. The zero-order valence-electron chi connectivity index (χ0n) is 20.8. The molecule has 0 saturated heterocycles. The van der Waals surface area contributed by atoms with E-state index in [-0.39, 0.29) is 6.54 Å². The number of aromatic nitrogens is 5. The van der Waals surface area contributed by atoms with Crippen molar-refractivity contribution in [2.24, 2.45) is 5.92 Å². The third kappa shape index (κ3) is 5.20. The molecule has 3 aromatic heterocycles. The standard InChI is InChI=1S/C25H28N6O5S/c1-4-36-21-10-5-7-16(27-21)24-30-23-25(31(24)22-19(34-2)8-6-9-20(22)35-3)29-18(14-26-37(32)33)17(28-23)13-15-11-12-15/h5-10,15,37H,4,11-14H2,1-3H3,(H,26,32,33). The second kappa shape index (κ2) is 10.7. The highest BCUT2D eigenvalue weighted by Gasteiger charge is 2.28. The Labute approximate surface area is 215 Å². The van der Waals surface area contributed by atoms with E-state index in [9.17, 15) is 8.42 Å². The molecule has 194 valence electrons. The van der Waals surface area contributed by atoms with Gasteiger partial charge in [-0.15, -0.1) is 0 Å². The van der Waals surface area contributed by atoms with E-state index in [0.717, 1.165) is 18.5 Å². The number of nitrogens with zero attached hydrogens (tertiary/aromatic N) is 5. The van der Waals surface area contributed by atoms with Crippen LogP contribution in [0.2, 0.25) is 0 Å². The van der Waals surface area contributed by atoms with Gasteiger partial charge in [0.25, 0.3) is 0 Å². The second-order valence-corrected chi connectivity index (χ2v) is 9.41. The fraction of sp³-hybridized carbons (Fsp3) is 0.360. The molecule has 1 aromatic carbocycles. The first-order valence-corrected chi connectivity index (χ1v) is 13.2. The quantitative estimate of drug-likeness (QED) is 0.284. The van der Waals surface area contributed by atoms with Crippen molar-refractivity contribution in [2.45, 2.75) is 32.7 Å². The molecule has 37 heavy (non-hydrogen) atoms. The van der Waals surface area contributed by atoms with Crippen LogP contribution in [0.3, 0.4) is 0 Å². The number of benzene rings is 1. The Morgan fingerprint density at radius 2 is 1.70 bits per heavy atom. The van der Waals surface area contributed by atoms with Gasteiger partial charge in [0.1, 0.15) is 22.9 Å². The molecule has 12 heteroatoms. The van der Waals surface area contributed by atoms with Gasteiger partial charge in [0, 0.05) is 6.07 Å². The van der Waals surface area contributed by atoms with Crippen LogP contribution < -0.4 is 18.9 Å². The average molecular weight is 525 g/mol. The van der Waals surface area contributed by atoms with Gasteiger partial charge in [-0.2, -0.15) is 0 Å². The fourth-order valence-electron chi connectivity index (χ4n) is 4.20. The van der Waals surface area contributed by atoms with Crippen molar-refractivity contribution in [3.63, 3.8) is 0 Å². The van der Waals surface area contributed by atoms with Crippen LogP contribution in [-0.4, -0.2) is 53.7 Å². The molecule has 1 aliphatic rings. The smallest absolute Gasteiger partial charge is 0.213 e. The average Bonchev–Trinajstić information content (AvgIpc) is 3.65. The highest BCUT2D eigenvalue weighted by atomic mass is 32.2. The third-order valence-electron chi connectivity index (χ3n) is 6.08. The van der Waals surface area contributed by atoms with Crippen LogP contribution >= 0.6 is 0 Å². The maximum absolute atomic E-state index is 11.3. The Bertz CT molecular complexity index is 1480. The topological polar surface area (TPSA) is 130 Å². The summed E-state index contributed by atoms with van der Waals surface area (Å²) < 4.78 is 43.9. The van der Waals surface area contributed by atoms with Gasteiger partial charge in [-0.3, -0.25) is 4.57 Å². The van der Waals surface area contributed by atoms with E-state index in [2.05, 4.69) is 9.71 Å². The van der Waals surface area contributed by atoms with Crippen LogP contribution in [0.4, 0.5) is 0 Å². The van der Waals surface area contributed by atoms with Crippen LogP contribution in [0.5, 0.6) is 17.4 Å².